The molecule has 37 heavy (non-hydrogen) atoms. The lowest BCUT2D eigenvalue weighted by molar-refractivity contribution is -0.117. The Balaban J connectivity index is 1.26. The van der Waals surface area contributed by atoms with E-state index in [-0.39, 0.29) is 11.7 Å². The summed E-state index contributed by atoms with van der Waals surface area (Å²) in [4.78, 5) is 39.2. The Hall–Kier alpha value is -3.38. The predicted octanol–water partition coefficient (Wildman–Crippen LogP) is 5.81. The lowest BCUT2D eigenvalue weighted by atomic mass is 9.97. The highest BCUT2D eigenvalue weighted by molar-refractivity contribution is 6.00. The average molecular weight is 497 g/mol. The number of hydrogen-bond acceptors (Lipinski definition) is 5. The minimum atomic E-state index is 0.0245. The summed E-state index contributed by atoms with van der Waals surface area (Å²) in [5.41, 5.74) is 4.77. The topological polar surface area (TPSA) is 66.4 Å². The minimum Gasteiger partial charge on any atom is -0.303 e. The van der Waals surface area contributed by atoms with Gasteiger partial charge in [-0.15, -0.1) is 0 Å². The van der Waals surface area contributed by atoms with Crippen LogP contribution in [0, 0.1) is 0 Å². The van der Waals surface area contributed by atoms with Gasteiger partial charge in [-0.05, 0) is 55.9 Å². The summed E-state index contributed by atoms with van der Waals surface area (Å²) < 4.78 is 0. The van der Waals surface area contributed by atoms with E-state index in [4.69, 9.17) is 4.98 Å². The predicted molar refractivity (Wildman–Crippen MR) is 147 cm³/mol. The highest BCUT2D eigenvalue weighted by Crippen LogP contribution is 2.32. The number of likely N-dealkylation sites (tertiary alicyclic amines) is 1. The number of carbonyl (C=O) groups excluding carboxylic acids is 2. The molecule has 6 heteroatoms. The van der Waals surface area contributed by atoms with Crippen LogP contribution in [0.5, 0.6) is 0 Å². The molecule has 0 spiro atoms. The van der Waals surface area contributed by atoms with Crippen LogP contribution in [-0.2, 0) is 17.8 Å². The third-order valence-electron chi connectivity index (χ3n) is 7.51. The average Bonchev–Trinajstić information content (AvgIpc) is 3.23. The SMILES string of the molecule is CC(C)c1ccccc1-c1ncc2c(n1)N(Cc1ccc(C(=O)CCCN3CCCCC3)cc1)C(=O)C2. The lowest BCUT2D eigenvalue weighted by Gasteiger charge is -2.26. The number of carbonyl (C=O) groups is 2. The fourth-order valence-corrected chi connectivity index (χ4v) is 5.40. The van der Waals surface area contributed by atoms with E-state index in [0.29, 0.717) is 36.9 Å². The van der Waals surface area contributed by atoms with Gasteiger partial charge in [-0.2, -0.15) is 0 Å². The van der Waals surface area contributed by atoms with E-state index in [1.54, 1.807) is 11.1 Å². The first-order valence-corrected chi connectivity index (χ1v) is 13.6. The minimum absolute atomic E-state index is 0.0245. The van der Waals surface area contributed by atoms with Crippen LogP contribution >= 0.6 is 0 Å². The van der Waals surface area contributed by atoms with Gasteiger partial charge >= 0.3 is 0 Å². The summed E-state index contributed by atoms with van der Waals surface area (Å²) >= 11 is 0. The Morgan fingerprint density at radius 2 is 1.76 bits per heavy atom. The van der Waals surface area contributed by atoms with E-state index in [1.807, 2.05) is 42.5 Å². The van der Waals surface area contributed by atoms with Crippen molar-refractivity contribution in [1.82, 2.24) is 14.9 Å². The number of ketones is 1. The summed E-state index contributed by atoms with van der Waals surface area (Å²) in [5, 5.41) is 0. The number of hydrogen-bond donors (Lipinski definition) is 0. The molecule has 3 aromatic rings. The zero-order valence-electron chi connectivity index (χ0n) is 21.9. The van der Waals surface area contributed by atoms with Crippen molar-refractivity contribution in [2.75, 3.05) is 24.5 Å². The largest absolute Gasteiger partial charge is 0.303 e. The maximum absolute atomic E-state index is 12.9. The van der Waals surface area contributed by atoms with Gasteiger partial charge in [0.25, 0.3) is 0 Å². The molecule has 1 amide bonds. The molecule has 2 aliphatic rings. The van der Waals surface area contributed by atoms with Crippen LogP contribution in [-0.4, -0.2) is 46.2 Å². The van der Waals surface area contributed by atoms with Crippen molar-refractivity contribution in [3.63, 3.8) is 0 Å². The number of nitrogens with zero attached hydrogens (tertiary/aromatic N) is 4. The van der Waals surface area contributed by atoms with E-state index in [2.05, 4.69) is 29.8 Å². The summed E-state index contributed by atoms with van der Waals surface area (Å²) in [5.74, 6) is 1.89. The number of rotatable bonds is 9. The molecule has 2 aliphatic heterocycles. The molecule has 5 rings (SSSR count). The third kappa shape index (κ3) is 5.80. The Morgan fingerprint density at radius 1 is 1.00 bits per heavy atom. The van der Waals surface area contributed by atoms with E-state index in [9.17, 15) is 9.59 Å². The number of amides is 1. The van der Waals surface area contributed by atoms with Gasteiger partial charge in [-0.1, -0.05) is 68.8 Å². The van der Waals surface area contributed by atoms with Crippen LogP contribution in [0.1, 0.15) is 78.9 Å². The molecular formula is C31H36N4O2. The number of benzene rings is 2. The fourth-order valence-electron chi connectivity index (χ4n) is 5.40. The molecule has 192 valence electrons. The molecule has 0 N–H and O–H groups in total. The van der Waals surface area contributed by atoms with Gasteiger partial charge < -0.3 is 4.90 Å². The second kappa shape index (κ2) is 11.3. The standard InChI is InChI=1S/C31H36N4O2/c1-22(2)26-9-4-5-10-27(26)30-32-20-25-19-29(37)35(31(25)33-30)21-23-12-14-24(15-13-23)28(36)11-8-18-34-16-6-3-7-17-34/h4-5,9-10,12-15,20,22H,3,6-8,11,16-19,21H2,1-2H3. The van der Waals surface area contributed by atoms with Crippen molar-refractivity contribution in [1.29, 1.82) is 0 Å². The first-order valence-electron chi connectivity index (χ1n) is 13.6. The zero-order valence-corrected chi connectivity index (χ0v) is 21.9. The Bertz CT molecular complexity index is 1260. The van der Waals surface area contributed by atoms with Crippen molar-refractivity contribution in [2.24, 2.45) is 0 Å². The van der Waals surface area contributed by atoms with Crippen LogP contribution in [0.4, 0.5) is 5.82 Å². The lowest BCUT2D eigenvalue weighted by Crippen LogP contribution is -2.30. The third-order valence-corrected chi connectivity index (χ3v) is 7.51. The fraction of sp³-hybridized carbons (Fsp3) is 0.419. The van der Waals surface area contributed by atoms with E-state index in [1.165, 1.54) is 24.8 Å². The van der Waals surface area contributed by atoms with Gasteiger partial charge in [0.05, 0.1) is 13.0 Å². The smallest absolute Gasteiger partial charge is 0.233 e. The van der Waals surface area contributed by atoms with Crippen LogP contribution in [0.2, 0.25) is 0 Å². The summed E-state index contributed by atoms with van der Waals surface area (Å²) in [6.07, 6.45) is 7.47. The van der Waals surface area contributed by atoms with Crippen molar-refractivity contribution in [3.05, 3.63) is 77.0 Å². The quantitative estimate of drug-likeness (QED) is 0.350. The Labute approximate surface area is 219 Å². The van der Waals surface area contributed by atoms with Crippen molar-refractivity contribution < 1.29 is 9.59 Å². The van der Waals surface area contributed by atoms with Crippen LogP contribution in [0.3, 0.4) is 0 Å². The molecular weight excluding hydrogens is 460 g/mol. The first kappa shape index (κ1) is 25.3. The van der Waals surface area contributed by atoms with Gasteiger partial charge in [0.15, 0.2) is 11.6 Å². The monoisotopic (exact) mass is 496 g/mol. The molecule has 0 unspecified atom stereocenters. The summed E-state index contributed by atoms with van der Waals surface area (Å²) in [6.45, 7) is 8.08. The second-order valence-corrected chi connectivity index (χ2v) is 10.6. The molecule has 1 saturated heterocycles. The van der Waals surface area contributed by atoms with Gasteiger partial charge in [-0.25, -0.2) is 9.97 Å². The van der Waals surface area contributed by atoms with Gasteiger partial charge in [0, 0.05) is 29.3 Å². The Morgan fingerprint density at radius 3 is 2.51 bits per heavy atom. The summed E-state index contributed by atoms with van der Waals surface area (Å²) in [6, 6.07) is 15.9. The van der Waals surface area contributed by atoms with Crippen LogP contribution in [0.25, 0.3) is 11.4 Å². The van der Waals surface area contributed by atoms with Crippen molar-refractivity contribution in [3.8, 4) is 11.4 Å². The van der Waals surface area contributed by atoms with Crippen LogP contribution < -0.4 is 4.90 Å². The van der Waals surface area contributed by atoms with Crippen molar-refractivity contribution in [2.45, 2.75) is 64.8 Å². The maximum atomic E-state index is 12.9. The highest BCUT2D eigenvalue weighted by atomic mass is 16.2. The van der Waals surface area contributed by atoms with Crippen LogP contribution in [0.15, 0.2) is 54.7 Å². The molecule has 1 fully saturated rings. The molecule has 2 aromatic carbocycles. The number of fused-ring (bicyclic) bond motifs is 1. The van der Waals surface area contributed by atoms with E-state index < -0.39 is 0 Å². The second-order valence-electron chi connectivity index (χ2n) is 10.6. The number of aromatic nitrogens is 2. The van der Waals surface area contributed by atoms with Gasteiger partial charge in [0.1, 0.15) is 5.82 Å². The highest BCUT2D eigenvalue weighted by Gasteiger charge is 2.30. The molecule has 0 saturated carbocycles. The first-order chi connectivity index (χ1) is 18.0. The normalized spacial score (nSPS) is 15.9. The van der Waals surface area contributed by atoms with E-state index in [0.717, 1.165) is 48.3 Å². The maximum Gasteiger partial charge on any atom is 0.233 e. The number of Topliss-reactive ketones (excluding diaryl/α,β-unsaturated/α-hetero) is 1. The molecule has 0 bridgehead atoms. The van der Waals surface area contributed by atoms with Crippen molar-refractivity contribution >= 4 is 17.5 Å². The van der Waals surface area contributed by atoms with Gasteiger partial charge in [-0.3, -0.25) is 14.5 Å². The van der Waals surface area contributed by atoms with E-state index >= 15 is 0 Å². The summed E-state index contributed by atoms with van der Waals surface area (Å²) in [7, 11) is 0. The molecule has 0 radical (unpaired) electrons. The Kier molecular flexibility index (Phi) is 7.75. The number of piperidine rings is 1. The number of anilines is 1. The van der Waals surface area contributed by atoms with Gasteiger partial charge in [0.2, 0.25) is 5.91 Å². The zero-order chi connectivity index (χ0) is 25.8. The molecule has 0 atom stereocenters. The molecule has 0 aliphatic carbocycles. The molecule has 6 nitrogen and oxygen atoms in total. The molecule has 1 aromatic heterocycles. The molecule has 3 heterocycles.